The Bertz CT molecular complexity index is 851. The summed E-state index contributed by atoms with van der Waals surface area (Å²) in [4.78, 5) is 12.4. The highest BCUT2D eigenvalue weighted by atomic mass is 32.2. The van der Waals surface area contributed by atoms with Gasteiger partial charge in [-0.25, -0.2) is 12.8 Å². The standard InChI is InChI=1S/C18H21FN2O3S/c1-13-8-10-15(11-9-13)12-20-18(22)14(2)21(25(3,23)24)17-7-5-4-6-16(17)19/h4-11,14H,12H2,1-3H3,(H,20,22)/t14-/m0/s1. The van der Waals surface area contributed by atoms with Gasteiger partial charge < -0.3 is 5.32 Å². The molecule has 0 unspecified atom stereocenters. The summed E-state index contributed by atoms with van der Waals surface area (Å²) in [5.74, 6) is -1.21. The number of nitrogens with zero attached hydrogens (tertiary/aromatic N) is 1. The Balaban J connectivity index is 2.19. The van der Waals surface area contributed by atoms with Crippen LogP contribution in [0.4, 0.5) is 10.1 Å². The minimum absolute atomic E-state index is 0.150. The van der Waals surface area contributed by atoms with Gasteiger partial charge in [0.2, 0.25) is 15.9 Å². The van der Waals surface area contributed by atoms with E-state index in [0.29, 0.717) is 0 Å². The molecule has 0 bridgehead atoms. The lowest BCUT2D eigenvalue weighted by Gasteiger charge is -2.28. The number of hydrogen-bond donors (Lipinski definition) is 1. The van der Waals surface area contributed by atoms with Gasteiger partial charge in [0.1, 0.15) is 11.9 Å². The van der Waals surface area contributed by atoms with Crippen molar-refractivity contribution in [3.63, 3.8) is 0 Å². The zero-order chi connectivity index (χ0) is 18.6. The molecule has 0 saturated carbocycles. The van der Waals surface area contributed by atoms with Gasteiger partial charge in [-0.15, -0.1) is 0 Å². The van der Waals surface area contributed by atoms with Crippen LogP contribution in [-0.2, 0) is 21.4 Å². The average Bonchev–Trinajstić information content (AvgIpc) is 2.54. The Morgan fingerprint density at radius 1 is 1.16 bits per heavy atom. The van der Waals surface area contributed by atoms with Crippen molar-refractivity contribution in [1.82, 2.24) is 5.32 Å². The van der Waals surface area contributed by atoms with E-state index in [1.165, 1.54) is 25.1 Å². The van der Waals surface area contributed by atoms with Crippen molar-refractivity contribution < 1.29 is 17.6 Å². The van der Waals surface area contributed by atoms with E-state index >= 15 is 0 Å². The molecule has 1 atom stereocenters. The molecule has 0 saturated heterocycles. The molecule has 0 radical (unpaired) electrons. The maximum absolute atomic E-state index is 14.0. The lowest BCUT2D eigenvalue weighted by Crippen LogP contribution is -2.48. The van der Waals surface area contributed by atoms with Crippen LogP contribution in [0.5, 0.6) is 0 Å². The van der Waals surface area contributed by atoms with Crippen molar-refractivity contribution in [1.29, 1.82) is 0 Å². The quantitative estimate of drug-likeness (QED) is 0.857. The fraction of sp³-hybridized carbons (Fsp3) is 0.278. The van der Waals surface area contributed by atoms with Crippen LogP contribution in [0.3, 0.4) is 0 Å². The summed E-state index contributed by atoms with van der Waals surface area (Å²) in [6.07, 6.45) is 0.948. The molecule has 0 aromatic heterocycles. The summed E-state index contributed by atoms with van der Waals surface area (Å²) < 4.78 is 39.1. The summed E-state index contributed by atoms with van der Waals surface area (Å²) in [6.45, 7) is 3.65. The number of aryl methyl sites for hydroxylation is 1. The lowest BCUT2D eigenvalue weighted by atomic mass is 10.1. The summed E-state index contributed by atoms with van der Waals surface area (Å²) in [7, 11) is -3.84. The molecule has 2 aromatic rings. The van der Waals surface area contributed by atoms with E-state index in [0.717, 1.165) is 27.8 Å². The molecular formula is C18H21FN2O3S. The summed E-state index contributed by atoms with van der Waals surface area (Å²) in [5, 5.41) is 2.69. The summed E-state index contributed by atoms with van der Waals surface area (Å²) in [6, 6.07) is 12.0. The van der Waals surface area contributed by atoms with E-state index in [4.69, 9.17) is 0 Å². The Kier molecular flexibility index (Phi) is 5.79. The van der Waals surface area contributed by atoms with Crippen LogP contribution in [0, 0.1) is 12.7 Å². The van der Waals surface area contributed by atoms with Gasteiger partial charge in [0.05, 0.1) is 11.9 Å². The third kappa shape index (κ3) is 4.79. The van der Waals surface area contributed by atoms with Crippen LogP contribution >= 0.6 is 0 Å². The molecule has 5 nitrogen and oxygen atoms in total. The molecule has 0 aliphatic rings. The predicted octanol–water partition coefficient (Wildman–Crippen LogP) is 2.61. The van der Waals surface area contributed by atoms with Crippen molar-refractivity contribution in [2.45, 2.75) is 26.4 Å². The highest BCUT2D eigenvalue weighted by molar-refractivity contribution is 7.92. The van der Waals surface area contributed by atoms with E-state index in [2.05, 4.69) is 5.32 Å². The van der Waals surface area contributed by atoms with E-state index in [1.807, 2.05) is 31.2 Å². The molecular weight excluding hydrogens is 343 g/mol. The number of anilines is 1. The molecule has 0 heterocycles. The van der Waals surface area contributed by atoms with Crippen molar-refractivity contribution in [2.75, 3.05) is 10.6 Å². The van der Waals surface area contributed by atoms with Gasteiger partial charge in [-0.3, -0.25) is 9.10 Å². The maximum Gasteiger partial charge on any atom is 0.243 e. The van der Waals surface area contributed by atoms with Crippen LogP contribution < -0.4 is 9.62 Å². The van der Waals surface area contributed by atoms with Crippen LogP contribution in [-0.4, -0.2) is 26.6 Å². The van der Waals surface area contributed by atoms with Crippen LogP contribution in [0.15, 0.2) is 48.5 Å². The van der Waals surface area contributed by atoms with Crippen LogP contribution in [0.1, 0.15) is 18.1 Å². The number of carbonyl (C=O) groups is 1. The van der Waals surface area contributed by atoms with Crippen molar-refractivity contribution >= 4 is 21.6 Å². The summed E-state index contributed by atoms with van der Waals surface area (Å²) in [5.41, 5.74) is 1.84. The molecule has 2 rings (SSSR count). The third-order valence-corrected chi connectivity index (χ3v) is 4.99. The second-order valence-corrected chi connectivity index (χ2v) is 7.75. The first-order chi connectivity index (χ1) is 11.7. The number of nitrogens with one attached hydrogen (secondary N) is 1. The molecule has 0 spiro atoms. The van der Waals surface area contributed by atoms with Crippen molar-refractivity contribution in [2.24, 2.45) is 0 Å². The predicted molar refractivity (Wildman–Crippen MR) is 96.2 cm³/mol. The first kappa shape index (κ1) is 18.9. The Morgan fingerprint density at radius 2 is 1.76 bits per heavy atom. The number of rotatable bonds is 6. The minimum atomic E-state index is -3.84. The van der Waals surface area contributed by atoms with E-state index in [9.17, 15) is 17.6 Å². The third-order valence-electron chi connectivity index (χ3n) is 3.77. The largest absolute Gasteiger partial charge is 0.350 e. The number of carbonyl (C=O) groups excluding carboxylic acids is 1. The number of hydrogen-bond acceptors (Lipinski definition) is 3. The van der Waals surface area contributed by atoms with Crippen molar-refractivity contribution in [3.05, 3.63) is 65.5 Å². The van der Waals surface area contributed by atoms with Gasteiger partial charge in [-0.2, -0.15) is 0 Å². The zero-order valence-corrected chi connectivity index (χ0v) is 15.2. The second kappa shape index (κ2) is 7.65. The topological polar surface area (TPSA) is 66.5 Å². The minimum Gasteiger partial charge on any atom is -0.350 e. The Labute approximate surface area is 147 Å². The van der Waals surface area contributed by atoms with Gasteiger partial charge in [-0.1, -0.05) is 42.0 Å². The first-order valence-electron chi connectivity index (χ1n) is 7.77. The summed E-state index contributed by atoms with van der Waals surface area (Å²) >= 11 is 0. The fourth-order valence-corrected chi connectivity index (χ4v) is 3.63. The first-order valence-corrected chi connectivity index (χ1v) is 9.62. The molecule has 1 amide bonds. The van der Waals surface area contributed by atoms with Gasteiger partial charge >= 0.3 is 0 Å². The highest BCUT2D eigenvalue weighted by Gasteiger charge is 2.30. The number of halogens is 1. The van der Waals surface area contributed by atoms with E-state index < -0.39 is 27.8 Å². The molecule has 2 aromatic carbocycles. The zero-order valence-electron chi connectivity index (χ0n) is 14.4. The number of benzene rings is 2. The molecule has 7 heteroatoms. The van der Waals surface area contributed by atoms with E-state index in [1.54, 1.807) is 0 Å². The molecule has 0 fully saturated rings. The second-order valence-electron chi connectivity index (χ2n) is 5.89. The van der Waals surface area contributed by atoms with Crippen LogP contribution in [0.25, 0.3) is 0 Å². The Hall–Kier alpha value is -2.41. The van der Waals surface area contributed by atoms with Gasteiger partial charge in [-0.05, 0) is 31.5 Å². The van der Waals surface area contributed by atoms with Crippen molar-refractivity contribution in [3.8, 4) is 0 Å². The lowest BCUT2D eigenvalue weighted by molar-refractivity contribution is -0.122. The molecule has 1 N–H and O–H groups in total. The number of amides is 1. The number of para-hydroxylation sites is 1. The normalized spacial score (nSPS) is 12.5. The Morgan fingerprint density at radius 3 is 2.32 bits per heavy atom. The maximum atomic E-state index is 14.0. The van der Waals surface area contributed by atoms with Gasteiger partial charge in [0.15, 0.2) is 0 Å². The highest BCUT2D eigenvalue weighted by Crippen LogP contribution is 2.24. The molecule has 0 aliphatic heterocycles. The smallest absolute Gasteiger partial charge is 0.243 e. The molecule has 0 aliphatic carbocycles. The van der Waals surface area contributed by atoms with E-state index in [-0.39, 0.29) is 12.2 Å². The molecule has 25 heavy (non-hydrogen) atoms. The SMILES string of the molecule is Cc1ccc(CNC(=O)[C@H](C)N(c2ccccc2F)S(C)(=O)=O)cc1. The van der Waals surface area contributed by atoms with Gasteiger partial charge in [0.25, 0.3) is 0 Å². The average molecular weight is 364 g/mol. The number of sulfonamides is 1. The fourth-order valence-electron chi connectivity index (χ4n) is 2.45. The molecule has 134 valence electrons. The monoisotopic (exact) mass is 364 g/mol. The van der Waals surface area contributed by atoms with Gasteiger partial charge in [0, 0.05) is 6.54 Å². The van der Waals surface area contributed by atoms with Crippen LogP contribution in [0.2, 0.25) is 0 Å².